The predicted octanol–water partition coefficient (Wildman–Crippen LogP) is 6.58. The summed E-state index contributed by atoms with van der Waals surface area (Å²) in [5.41, 5.74) is 0.427. The molecule has 274 valence electrons. The molecule has 1 atom stereocenters. The molecule has 4 aromatic rings. The molecule has 17 heteroatoms. The van der Waals surface area contributed by atoms with E-state index in [4.69, 9.17) is 37.4 Å². The normalized spacial score (nSPS) is 14.0. The van der Waals surface area contributed by atoms with Gasteiger partial charge in [0.2, 0.25) is 10.0 Å². The zero-order chi connectivity index (χ0) is 37.1. The van der Waals surface area contributed by atoms with E-state index in [1.807, 2.05) is 0 Å². The molecule has 0 unspecified atom stereocenters. The SMILES string of the molecule is CC(C)(C)OC(=O)CS(=O)(=O)Nc1cccc2c1ccn2CC(=O)O[C@@H](Cc1c(Cl)c[n+]([O-])cc1Cl)c1ccc(OC(F)F)c(OCC2CC2)c1. The maximum Gasteiger partial charge on any atom is 0.387 e. The topological polar surface area (TPSA) is 149 Å². The van der Waals surface area contributed by atoms with E-state index >= 15 is 0 Å². The Bertz CT molecular complexity index is 2010. The predicted molar refractivity (Wildman–Crippen MR) is 184 cm³/mol. The lowest BCUT2D eigenvalue weighted by Crippen LogP contribution is -2.30. The average Bonchev–Trinajstić information content (AvgIpc) is 3.75. The van der Waals surface area contributed by atoms with Gasteiger partial charge < -0.3 is 28.7 Å². The lowest BCUT2D eigenvalue weighted by Gasteiger charge is -2.22. The van der Waals surface area contributed by atoms with E-state index in [1.54, 1.807) is 45.2 Å². The fraction of sp³-hybridized carbons (Fsp3) is 0.382. The summed E-state index contributed by atoms with van der Waals surface area (Å²) in [5, 5.41) is 12.4. The number of anilines is 1. The number of esters is 2. The first-order valence-electron chi connectivity index (χ1n) is 15.7. The molecule has 2 aromatic carbocycles. The van der Waals surface area contributed by atoms with Gasteiger partial charge in [0.25, 0.3) is 0 Å². The summed E-state index contributed by atoms with van der Waals surface area (Å²) in [6, 6.07) is 10.5. The Labute approximate surface area is 302 Å². The lowest BCUT2D eigenvalue weighted by molar-refractivity contribution is -0.605. The highest BCUT2D eigenvalue weighted by Crippen LogP contribution is 2.38. The van der Waals surface area contributed by atoms with Gasteiger partial charge in [0, 0.05) is 23.6 Å². The second kappa shape index (κ2) is 15.5. The zero-order valence-electron chi connectivity index (χ0n) is 27.7. The molecule has 1 N–H and O–H groups in total. The van der Waals surface area contributed by atoms with Crippen LogP contribution < -0.4 is 18.9 Å². The Morgan fingerprint density at radius 2 is 1.76 bits per heavy atom. The van der Waals surface area contributed by atoms with Gasteiger partial charge in [-0.1, -0.05) is 35.3 Å². The minimum atomic E-state index is -4.15. The van der Waals surface area contributed by atoms with E-state index in [1.165, 1.54) is 28.8 Å². The molecule has 1 fully saturated rings. The van der Waals surface area contributed by atoms with Gasteiger partial charge in [-0.3, -0.25) is 14.3 Å². The van der Waals surface area contributed by atoms with Crippen molar-refractivity contribution in [2.45, 2.75) is 64.9 Å². The molecule has 0 spiro atoms. The summed E-state index contributed by atoms with van der Waals surface area (Å²) in [6.07, 6.45) is 4.46. The number of rotatable bonds is 15. The molecule has 0 saturated heterocycles. The smallest absolute Gasteiger partial charge is 0.387 e. The van der Waals surface area contributed by atoms with Crippen molar-refractivity contribution in [1.29, 1.82) is 0 Å². The van der Waals surface area contributed by atoms with Crippen molar-refractivity contribution in [1.82, 2.24) is 4.57 Å². The van der Waals surface area contributed by atoms with Crippen molar-refractivity contribution in [3.05, 3.63) is 87.4 Å². The molecule has 0 amide bonds. The fourth-order valence-corrected chi connectivity index (χ4v) is 6.73. The first kappa shape index (κ1) is 37.9. The molecule has 0 bridgehead atoms. The monoisotopic (exact) mass is 769 g/mol. The first-order valence-corrected chi connectivity index (χ1v) is 18.1. The van der Waals surface area contributed by atoms with Crippen molar-refractivity contribution in [2.75, 3.05) is 17.1 Å². The van der Waals surface area contributed by atoms with Crippen molar-refractivity contribution in [2.24, 2.45) is 5.92 Å². The van der Waals surface area contributed by atoms with Crippen LogP contribution in [0.5, 0.6) is 11.5 Å². The van der Waals surface area contributed by atoms with E-state index in [0.717, 1.165) is 25.2 Å². The van der Waals surface area contributed by atoms with E-state index in [9.17, 15) is 32.0 Å². The molecule has 2 aromatic heterocycles. The zero-order valence-corrected chi connectivity index (χ0v) is 30.1. The van der Waals surface area contributed by atoms with Crippen LogP contribution in [-0.2, 0) is 42.1 Å². The number of alkyl halides is 2. The van der Waals surface area contributed by atoms with Crippen LogP contribution in [0.15, 0.2) is 61.1 Å². The summed E-state index contributed by atoms with van der Waals surface area (Å²) in [4.78, 5) is 25.7. The second-order valence-corrected chi connectivity index (χ2v) is 15.5. The summed E-state index contributed by atoms with van der Waals surface area (Å²) >= 11 is 12.7. The Morgan fingerprint density at radius 3 is 2.41 bits per heavy atom. The van der Waals surface area contributed by atoms with Gasteiger partial charge in [0.05, 0.1) is 17.8 Å². The minimum Gasteiger partial charge on any atom is -0.619 e. The molecule has 51 heavy (non-hydrogen) atoms. The number of carbonyl (C=O) groups is 2. The molecule has 1 aliphatic rings. The number of pyridine rings is 1. The van der Waals surface area contributed by atoms with E-state index in [-0.39, 0.29) is 46.8 Å². The number of fused-ring (bicyclic) bond motifs is 1. The Kier molecular flexibility index (Phi) is 11.5. The molecular weight excluding hydrogens is 735 g/mol. The van der Waals surface area contributed by atoms with Crippen LogP contribution in [0, 0.1) is 11.1 Å². The highest BCUT2D eigenvalue weighted by atomic mass is 35.5. The number of hydrogen-bond donors (Lipinski definition) is 1. The fourth-order valence-electron chi connectivity index (χ4n) is 5.18. The number of sulfonamides is 1. The third-order valence-corrected chi connectivity index (χ3v) is 9.35. The summed E-state index contributed by atoms with van der Waals surface area (Å²) in [5.74, 6) is -2.42. The Morgan fingerprint density at radius 1 is 1.06 bits per heavy atom. The molecule has 2 heterocycles. The Balaban J connectivity index is 1.40. The number of hydrogen-bond acceptors (Lipinski definition) is 9. The molecule has 0 aliphatic heterocycles. The van der Waals surface area contributed by atoms with Gasteiger partial charge in [-0.15, -0.1) is 0 Å². The van der Waals surface area contributed by atoms with Crippen LogP contribution in [0.3, 0.4) is 0 Å². The van der Waals surface area contributed by atoms with Crippen molar-refractivity contribution in [3.63, 3.8) is 0 Å². The van der Waals surface area contributed by atoms with Crippen LogP contribution in [0.4, 0.5) is 14.5 Å². The number of nitrogens with one attached hydrogen (secondary N) is 1. The van der Waals surface area contributed by atoms with Crippen molar-refractivity contribution in [3.8, 4) is 11.5 Å². The van der Waals surface area contributed by atoms with Gasteiger partial charge in [-0.05, 0) is 75.4 Å². The van der Waals surface area contributed by atoms with Gasteiger partial charge in [-0.25, -0.2) is 8.42 Å². The summed E-state index contributed by atoms with van der Waals surface area (Å²) in [6.45, 7) is 1.72. The molecule has 1 saturated carbocycles. The van der Waals surface area contributed by atoms with Crippen LogP contribution in [-0.4, -0.2) is 49.5 Å². The van der Waals surface area contributed by atoms with Crippen molar-refractivity contribution < 1.29 is 50.5 Å². The van der Waals surface area contributed by atoms with Gasteiger partial charge in [0.1, 0.15) is 28.3 Å². The van der Waals surface area contributed by atoms with E-state index in [0.29, 0.717) is 32.7 Å². The van der Waals surface area contributed by atoms with Crippen LogP contribution >= 0.6 is 23.2 Å². The molecule has 0 radical (unpaired) electrons. The van der Waals surface area contributed by atoms with Gasteiger partial charge >= 0.3 is 18.6 Å². The Hall–Kier alpha value is -4.34. The number of carbonyl (C=O) groups excluding carboxylic acids is 2. The van der Waals surface area contributed by atoms with Crippen molar-refractivity contribution >= 4 is 61.8 Å². The standard InChI is InChI=1S/C34H35Cl2F2N3O9S/c1-34(2,3)50-32(43)19-51(45,46)39-26-5-4-6-27-22(26)11-12-40(27)17-31(42)48-29(14-23-24(35)15-41(44)16-25(23)36)21-9-10-28(49-33(37)38)30(13-21)47-18-20-7-8-20/h4-6,9-13,15-16,20,29,33,39H,7-8,14,17-19H2,1-3H3/t29-/m0/s1. The third-order valence-electron chi connectivity index (χ3n) is 7.55. The number of ether oxygens (including phenoxy) is 4. The maximum absolute atomic E-state index is 13.5. The number of aromatic nitrogens is 2. The van der Waals surface area contributed by atoms with Gasteiger partial charge in [-0.2, -0.15) is 13.5 Å². The first-order chi connectivity index (χ1) is 24.0. The van der Waals surface area contributed by atoms with E-state index in [2.05, 4.69) is 9.46 Å². The molecule has 1 aliphatic carbocycles. The highest BCUT2D eigenvalue weighted by molar-refractivity contribution is 7.93. The van der Waals surface area contributed by atoms with E-state index < -0.39 is 46.0 Å². The van der Waals surface area contributed by atoms with Crippen LogP contribution in [0.25, 0.3) is 10.9 Å². The van der Waals surface area contributed by atoms with Crippen LogP contribution in [0.1, 0.15) is 50.8 Å². The summed E-state index contributed by atoms with van der Waals surface area (Å²) in [7, 11) is -4.15. The molecule has 5 rings (SSSR count). The second-order valence-electron chi connectivity index (χ2n) is 12.9. The van der Waals surface area contributed by atoms with Gasteiger partial charge in [0.15, 0.2) is 29.6 Å². The number of halogens is 4. The third kappa shape index (κ3) is 10.6. The minimum absolute atomic E-state index is 0.0134. The average molecular weight is 771 g/mol. The molecule has 12 nitrogen and oxygen atoms in total. The largest absolute Gasteiger partial charge is 0.619 e. The maximum atomic E-state index is 13.5. The number of nitrogens with zero attached hydrogens (tertiary/aromatic N) is 2. The lowest BCUT2D eigenvalue weighted by atomic mass is 10.0. The van der Waals surface area contributed by atoms with Crippen LogP contribution in [0.2, 0.25) is 10.0 Å². The quantitative estimate of drug-likeness (QED) is 0.0804. The number of benzene rings is 2. The summed E-state index contributed by atoms with van der Waals surface area (Å²) < 4.78 is 77.9. The highest BCUT2D eigenvalue weighted by Gasteiger charge is 2.27. The molecular formula is C34H35Cl2F2N3O9S.